The van der Waals surface area contributed by atoms with E-state index in [9.17, 15) is 9.90 Å². The van der Waals surface area contributed by atoms with Crippen LogP contribution in [0.3, 0.4) is 0 Å². The molecule has 0 saturated heterocycles. The summed E-state index contributed by atoms with van der Waals surface area (Å²) in [4.78, 5) is 13.7. The van der Waals surface area contributed by atoms with Gasteiger partial charge in [-0.3, -0.25) is 4.98 Å². The molecule has 0 amide bonds. The number of rotatable bonds is 2. The smallest absolute Gasteiger partial charge is 0.408 e. The molecule has 3 aromatic rings. The van der Waals surface area contributed by atoms with Gasteiger partial charge in [-0.1, -0.05) is 39.7 Å². The van der Waals surface area contributed by atoms with Crippen molar-refractivity contribution in [2.75, 3.05) is 0 Å². The fraction of sp³-hybridized carbons (Fsp3) is 0.0714. The van der Waals surface area contributed by atoms with Gasteiger partial charge in [0.25, 0.3) is 0 Å². The van der Waals surface area contributed by atoms with Gasteiger partial charge in [-0.25, -0.2) is 4.79 Å². The van der Waals surface area contributed by atoms with E-state index in [2.05, 4.69) is 20.9 Å². The minimum absolute atomic E-state index is 0.403. The molecule has 0 aliphatic carbocycles. The van der Waals surface area contributed by atoms with Gasteiger partial charge in [-0.2, -0.15) is 0 Å². The van der Waals surface area contributed by atoms with E-state index in [-0.39, 0.29) is 0 Å². The Morgan fingerprint density at radius 2 is 2.05 bits per heavy atom. The third kappa shape index (κ3) is 2.40. The number of aliphatic hydroxyl groups is 1. The number of halogens is 2. The van der Waals surface area contributed by atoms with E-state index in [0.29, 0.717) is 27.2 Å². The highest BCUT2D eigenvalue weighted by molar-refractivity contribution is 9.10. The lowest BCUT2D eigenvalue weighted by atomic mass is 10.0. The summed E-state index contributed by atoms with van der Waals surface area (Å²) in [5.41, 5.74) is 2.18. The zero-order valence-electron chi connectivity index (χ0n) is 10.1. The summed E-state index contributed by atoms with van der Waals surface area (Å²) in [5, 5.41) is 10.9. The van der Waals surface area contributed by atoms with Gasteiger partial charge in [0.2, 0.25) is 0 Å². The monoisotopic (exact) mass is 353 g/mol. The molecule has 0 fully saturated rings. The number of hydrogen-bond acceptors (Lipinski definition) is 3. The van der Waals surface area contributed by atoms with Crippen molar-refractivity contribution in [2.24, 2.45) is 0 Å². The number of benzene rings is 2. The van der Waals surface area contributed by atoms with Gasteiger partial charge in [0, 0.05) is 15.1 Å². The van der Waals surface area contributed by atoms with Crippen LogP contribution in [-0.2, 0) is 0 Å². The van der Waals surface area contributed by atoms with Crippen molar-refractivity contribution in [2.45, 2.75) is 6.10 Å². The Morgan fingerprint density at radius 3 is 2.80 bits per heavy atom. The van der Waals surface area contributed by atoms with E-state index < -0.39 is 11.9 Å². The van der Waals surface area contributed by atoms with Crippen LogP contribution in [-0.4, -0.2) is 10.1 Å². The molecule has 0 saturated carbocycles. The molecule has 0 aliphatic rings. The average Bonchev–Trinajstić information content (AvgIpc) is 2.77. The SMILES string of the molecule is O=c1[nH]c2ccc(C(O)c3ccc(Br)cc3Cl)cc2o1. The second-order valence-corrected chi connectivity index (χ2v) is 5.66. The van der Waals surface area contributed by atoms with Crippen LogP contribution >= 0.6 is 27.5 Å². The zero-order valence-corrected chi connectivity index (χ0v) is 12.4. The summed E-state index contributed by atoms with van der Waals surface area (Å²) in [7, 11) is 0. The van der Waals surface area contributed by atoms with Gasteiger partial charge in [0.1, 0.15) is 6.10 Å². The van der Waals surface area contributed by atoms with Crippen molar-refractivity contribution >= 4 is 38.6 Å². The summed E-state index contributed by atoms with van der Waals surface area (Å²) >= 11 is 9.44. The molecule has 1 aromatic heterocycles. The second-order valence-electron chi connectivity index (χ2n) is 4.34. The van der Waals surface area contributed by atoms with Gasteiger partial charge in [-0.05, 0) is 29.8 Å². The van der Waals surface area contributed by atoms with Crippen LogP contribution in [0.4, 0.5) is 0 Å². The number of hydrogen-bond donors (Lipinski definition) is 2. The van der Waals surface area contributed by atoms with E-state index in [1.54, 1.807) is 36.4 Å². The fourth-order valence-corrected chi connectivity index (χ4v) is 2.81. The molecule has 0 bridgehead atoms. The first kappa shape index (κ1) is 13.4. The van der Waals surface area contributed by atoms with E-state index in [4.69, 9.17) is 16.0 Å². The number of aromatic amines is 1. The Bertz CT molecular complexity index is 840. The van der Waals surface area contributed by atoms with Crippen molar-refractivity contribution in [3.8, 4) is 0 Å². The van der Waals surface area contributed by atoms with Crippen molar-refractivity contribution in [3.63, 3.8) is 0 Å². The predicted octanol–water partition coefficient (Wildman–Crippen LogP) is 3.62. The number of H-pyrrole nitrogens is 1. The van der Waals surface area contributed by atoms with Gasteiger partial charge >= 0.3 is 5.76 Å². The Kier molecular flexibility index (Phi) is 3.41. The van der Waals surface area contributed by atoms with Gasteiger partial charge < -0.3 is 9.52 Å². The molecule has 4 nitrogen and oxygen atoms in total. The average molecular weight is 355 g/mol. The van der Waals surface area contributed by atoms with E-state index in [1.165, 1.54) is 0 Å². The Labute approximate surface area is 127 Å². The lowest BCUT2D eigenvalue weighted by molar-refractivity contribution is 0.220. The first-order valence-corrected chi connectivity index (χ1v) is 6.97. The maximum atomic E-state index is 11.1. The molecule has 0 spiro atoms. The molecule has 102 valence electrons. The highest BCUT2D eigenvalue weighted by Gasteiger charge is 2.15. The van der Waals surface area contributed by atoms with Crippen LogP contribution in [0.5, 0.6) is 0 Å². The highest BCUT2D eigenvalue weighted by atomic mass is 79.9. The van der Waals surface area contributed by atoms with Crippen molar-refractivity contribution in [1.82, 2.24) is 4.98 Å². The van der Waals surface area contributed by atoms with Gasteiger partial charge in [-0.15, -0.1) is 0 Å². The number of aliphatic hydroxyl groups excluding tert-OH is 1. The third-order valence-corrected chi connectivity index (χ3v) is 3.84. The lowest BCUT2D eigenvalue weighted by Crippen LogP contribution is -2.00. The number of nitrogens with one attached hydrogen (secondary N) is 1. The van der Waals surface area contributed by atoms with Crippen LogP contribution in [0.15, 0.2) is 50.1 Å². The maximum absolute atomic E-state index is 11.1. The quantitative estimate of drug-likeness (QED) is 0.738. The first-order chi connectivity index (χ1) is 9.54. The highest BCUT2D eigenvalue weighted by Crippen LogP contribution is 2.31. The molecule has 1 heterocycles. The van der Waals surface area contributed by atoms with Crippen LogP contribution < -0.4 is 5.76 Å². The molecule has 1 atom stereocenters. The maximum Gasteiger partial charge on any atom is 0.417 e. The van der Waals surface area contributed by atoms with E-state index in [0.717, 1.165) is 4.47 Å². The normalized spacial score (nSPS) is 12.8. The Balaban J connectivity index is 2.06. The molecule has 3 rings (SSSR count). The van der Waals surface area contributed by atoms with Crippen LogP contribution in [0.25, 0.3) is 11.1 Å². The summed E-state index contributed by atoms with van der Waals surface area (Å²) in [6.07, 6.45) is -0.889. The van der Waals surface area contributed by atoms with Crippen LogP contribution in [0.2, 0.25) is 5.02 Å². The molecule has 1 unspecified atom stereocenters. The molecule has 6 heteroatoms. The topological polar surface area (TPSA) is 66.2 Å². The van der Waals surface area contributed by atoms with Crippen molar-refractivity contribution in [3.05, 3.63) is 67.6 Å². The molecule has 2 aromatic carbocycles. The molecule has 0 radical (unpaired) electrons. The number of aromatic nitrogens is 1. The molecule has 20 heavy (non-hydrogen) atoms. The number of oxazole rings is 1. The lowest BCUT2D eigenvalue weighted by Gasteiger charge is -2.13. The van der Waals surface area contributed by atoms with Crippen molar-refractivity contribution < 1.29 is 9.52 Å². The summed E-state index contributed by atoms with van der Waals surface area (Å²) < 4.78 is 5.82. The molecule has 0 aliphatic heterocycles. The Hall–Kier alpha value is -1.56. The van der Waals surface area contributed by atoms with Crippen molar-refractivity contribution in [1.29, 1.82) is 0 Å². The largest absolute Gasteiger partial charge is 0.417 e. The van der Waals surface area contributed by atoms with Crippen LogP contribution in [0.1, 0.15) is 17.2 Å². The van der Waals surface area contributed by atoms with Gasteiger partial charge in [0.15, 0.2) is 5.58 Å². The minimum atomic E-state index is -0.889. The summed E-state index contributed by atoms with van der Waals surface area (Å²) in [6, 6.07) is 10.3. The Morgan fingerprint density at radius 1 is 1.25 bits per heavy atom. The predicted molar refractivity (Wildman–Crippen MR) is 80.0 cm³/mol. The fourth-order valence-electron chi connectivity index (χ4n) is 2.03. The zero-order chi connectivity index (χ0) is 14.3. The standard InChI is InChI=1S/C14H9BrClNO3/c15-8-2-3-9(10(16)6-8)13(18)7-1-4-11-12(5-7)20-14(19)17-11/h1-6,13,18H,(H,17,19). The molecular formula is C14H9BrClNO3. The minimum Gasteiger partial charge on any atom is -0.408 e. The number of fused-ring (bicyclic) bond motifs is 1. The van der Waals surface area contributed by atoms with E-state index in [1.807, 2.05) is 0 Å². The summed E-state index contributed by atoms with van der Waals surface area (Å²) in [6.45, 7) is 0. The first-order valence-electron chi connectivity index (χ1n) is 5.80. The van der Waals surface area contributed by atoms with E-state index >= 15 is 0 Å². The molecular weight excluding hydrogens is 346 g/mol. The third-order valence-electron chi connectivity index (χ3n) is 3.02. The van der Waals surface area contributed by atoms with Gasteiger partial charge in [0.05, 0.1) is 5.52 Å². The van der Waals surface area contributed by atoms with Crippen LogP contribution in [0, 0.1) is 0 Å². The summed E-state index contributed by atoms with van der Waals surface area (Å²) in [5.74, 6) is -0.520. The second kappa shape index (κ2) is 5.09. The molecule has 2 N–H and O–H groups in total.